The Labute approximate surface area is 401 Å². The van der Waals surface area contributed by atoms with Crippen molar-refractivity contribution in [3.8, 4) is 55.6 Å². The van der Waals surface area contributed by atoms with Crippen LogP contribution < -0.4 is 9.80 Å². The highest BCUT2D eigenvalue weighted by molar-refractivity contribution is 5.94. The van der Waals surface area contributed by atoms with E-state index in [9.17, 15) is 0 Å². The van der Waals surface area contributed by atoms with E-state index in [1.165, 1.54) is 95.0 Å². The highest BCUT2D eigenvalue weighted by atomic mass is 15.2. The summed E-state index contributed by atoms with van der Waals surface area (Å²) in [6.07, 6.45) is 0. The molecule has 326 valence electrons. The summed E-state index contributed by atoms with van der Waals surface area (Å²) in [5.41, 5.74) is 24.3. The van der Waals surface area contributed by atoms with Crippen LogP contribution in [-0.4, -0.2) is 0 Å². The van der Waals surface area contributed by atoms with Gasteiger partial charge in [-0.1, -0.05) is 198 Å². The summed E-state index contributed by atoms with van der Waals surface area (Å²) in [5, 5.41) is 0. The third-order valence-electron chi connectivity index (χ3n) is 14.6. The van der Waals surface area contributed by atoms with Crippen LogP contribution in [0.4, 0.5) is 34.1 Å². The smallest absolute Gasteiger partial charge is 0.0544 e. The lowest BCUT2D eigenvalue weighted by Crippen LogP contribution is -2.38. The molecule has 0 N–H and O–H groups in total. The fraction of sp³-hybridized carbons (Fsp3) is 0.0909. The summed E-state index contributed by atoms with van der Waals surface area (Å²) in [6.45, 7) is 9.59. The van der Waals surface area contributed by atoms with E-state index in [1.807, 2.05) is 0 Å². The Morgan fingerprint density at radius 1 is 0.265 bits per heavy atom. The number of rotatable bonds is 8. The average molecular weight is 873 g/mol. The Balaban J connectivity index is 0.885. The van der Waals surface area contributed by atoms with Crippen LogP contribution in [0.1, 0.15) is 49.9 Å². The van der Waals surface area contributed by atoms with Crippen LogP contribution >= 0.6 is 0 Å². The summed E-state index contributed by atoms with van der Waals surface area (Å²) in [7, 11) is 0. The summed E-state index contributed by atoms with van der Waals surface area (Å²) < 4.78 is 0. The third-order valence-corrected chi connectivity index (χ3v) is 14.6. The molecule has 0 unspecified atom stereocenters. The molecule has 2 heteroatoms. The van der Waals surface area contributed by atoms with Crippen molar-refractivity contribution in [2.75, 3.05) is 9.80 Å². The first-order chi connectivity index (χ1) is 33.2. The fourth-order valence-corrected chi connectivity index (χ4v) is 10.9. The van der Waals surface area contributed by atoms with Crippen molar-refractivity contribution in [1.29, 1.82) is 0 Å². The van der Waals surface area contributed by atoms with Crippen molar-refractivity contribution in [1.82, 2.24) is 0 Å². The Kier molecular flexibility index (Phi) is 9.88. The summed E-state index contributed by atoms with van der Waals surface area (Å²) in [5.74, 6) is 0. The van der Waals surface area contributed by atoms with Crippen LogP contribution in [0.15, 0.2) is 243 Å². The van der Waals surface area contributed by atoms with Gasteiger partial charge in [0.05, 0.1) is 17.1 Å². The zero-order chi connectivity index (χ0) is 46.0. The summed E-state index contributed by atoms with van der Waals surface area (Å²) >= 11 is 0. The maximum absolute atomic E-state index is 2.54. The van der Waals surface area contributed by atoms with E-state index in [0.717, 1.165) is 17.1 Å². The van der Waals surface area contributed by atoms with Crippen molar-refractivity contribution in [3.63, 3.8) is 0 Å². The van der Waals surface area contributed by atoms with Crippen molar-refractivity contribution in [3.05, 3.63) is 265 Å². The molecule has 2 nitrogen and oxygen atoms in total. The molecule has 0 saturated heterocycles. The summed E-state index contributed by atoms with van der Waals surface area (Å²) in [4.78, 5) is 4.88. The van der Waals surface area contributed by atoms with E-state index in [2.05, 4.69) is 280 Å². The molecule has 12 rings (SSSR count). The Bertz CT molecular complexity index is 3310. The first-order valence-corrected chi connectivity index (χ1v) is 23.8. The number of fused-ring (bicyclic) bond motifs is 4. The van der Waals surface area contributed by atoms with Gasteiger partial charge in [-0.3, -0.25) is 0 Å². The van der Waals surface area contributed by atoms with Crippen LogP contribution in [-0.2, 0) is 10.8 Å². The van der Waals surface area contributed by atoms with Crippen molar-refractivity contribution in [2.45, 2.75) is 38.5 Å². The van der Waals surface area contributed by atoms with Crippen LogP contribution in [0.2, 0.25) is 0 Å². The van der Waals surface area contributed by atoms with Gasteiger partial charge in [0.2, 0.25) is 0 Å². The predicted molar refractivity (Wildman–Crippen MR) is 287 cm³/mol. The van der Waals surface area contributed by atoms with Gasteiger partial charge < -0.3 is 9.80 Å². The molecule has 2 aliphatic heterocycles. The minimum absolute atomic E-state index is 0.186. The highest BCUT2D eigenvalue weighted by Gasteiger charge is 2.45. The van der Waals surface area contributed by atoms with E-state index in [1.54, 1.807) is 0 Å². The minimum Gasteiger partial charge on any atom is -0.311 e. The molecule has 10 aromatic carbocycles. The fourth-order valence-electron chi connectivity index (χ4n) is 10.9. The molecule has 2 aliphatic rings. The number of hydrogen-bond donors (Lipinski definition) is 0. The van der Waals surface area contributed by atoms with E-state index in [0.29, 0.717) is 0 Å². The second-order valence-electron chi connectivity index (χ2n) is 19.4. The Morgan fingerprint density at radius 3 is 0.985 bits per heavy atom. The number of para-hydroxylation sites is 2. The zero-order valence-corrected chi connectivity index (χ0v) is 39.0. The third kappa shape index (κ3) is 6.95. The minimum atomic E-state index is -0.186. The molecular weight excluding hydrogens is 821 g/mol. The van der Waals surface area contributed by atoms with Gasteiger partial charge in [-0.05, 0) is 151 Å². The molecule has 2 heterocycles. The molecule has 0 atom stereocenters. The first kappa shape index (κ1) is 41.2. The topological polar surface area (TPSA) is 6.48 Å². The number of benzene rings is 10. The second kappa shape index (κ2) is 16.3. The van der Waals surface area contributed by atoms with Crippen LogP contribution in [0.25, 0.3) is 55.6 Å². The molecule has 0 amide bonds. The lowest BCUT2D eigenvalue weighted by molar-refractivity contribution is 0.598. The Hall–Kier alpha value is -8.20. The number of nitrogens with zero attached hydrogens (tertiary/aromatic N) is 2. The quantitative estimate of drug-likeness (QED) is 0.150. The first-order valence-electron chi connectivity index (χ1n) is 23.8. The van der Waals surface area contributed by atoms with Gasteiger partial charge in [0, 0.05) is 27.9 Å². The summed E-state index contributed by atoms with van der Waals surface area (Å²) in [6, 6.07) is 89.0. The average Bonchev–Trinajstić information content (AvgIpc) is 3.40. The van der Waals surface area contributed by atoms with Crippen LogP contribution in [0.3, 0.4) is 0 Å². The molecule has 0 aliphatic carbocycles. The molecule has 0 bridgehead atoms. The molecule has 0 aromatic heterocycles. The molecule has 0 fully saturated rings. The van der Waals surface area contributed by atoms with E-state index < -0.39 is 0 Å². The lowest BCUT2D eigenvalue weighted by Gasteiger charge is -2.49. The molecule has 0 radical (unpaired) electrons. The molecule has 10 aromatic rings. The van der Waals surface area contributed by atoms with E-state index in [4.69, 9.17) is 0 Å². The normalized spacial score (nSPS) is 13.8. The van der Waals surface area contributed by atoms with Gasteiger partial charge in [-0.15, -0.1) is 0 Å². The monoisotopic (exact) mass is 872 g/mol. The van der Waals surface area contributed by atoms with E-state index in [-0.39, 0.29) is 10.8 Å². The van der Waals surface area contributed by atoms with Crippen molar-refractivity contribution >= 4 is 34.1 Å². The zero-order valence-electron chi connectivity index (χ0n) is 39.0. The largest absolute Gasteiger partial charge is 0.311 e. The van der Waals surface area contributed by atoms with Crippen molar-refractivity contribution < 1.29 is 0 Å². The predicted octanol–water partition coefficient (Wildman–Crippen LogP) is 18.2. The lowest BCUT2D eigenvalue weighted by atomic mass is 9.65. The standard InChI is InChI=1S/C66H52N2/c1-65(2)58-25-11-13-27-62(58)68-63-28-14-12-26-59(63)66(3,4)61-44-54(43-60(65)64(61)68)53-24-16-23-52(42-53)51-22-15-21-50(41-51)49-33-39-57(40-34-49)67(55-35-29-47(30-36-55)45-17-7-5-8-18-45)56-37-31-48(32-38-56)46-19-9-6-10-20-46/h5-44H,1-4H3. The van der Waals surface area contributed by atoms with Gasteiger partial charge in [-0.25, -0.2) is 0 Å². The van der Waals surface area contributed by atoms with Gasteiger partial charge in [0.15, 0.2) is 0 Å². The van der Waals surface area contributed by atoms with E-state index >= 15 is 0 Å². The van der Waals surface area contributed by atoms with Crippen LogP contribution in [0.5, 0.6) is 0 Å². The van der Waals surface area contributed by atoms with Crippen LogP contribution in [0, 0.1) is 0 Å². The molecule has 0 spiro atoms. The Morgan fingerprint density at radius 2 is 0.574 bits per heavy atom. The molecular formula is C66H52N2. The number of anilines is 6. The van der Waals surface area contributed by atoms with Gasteiger partial charge in [0.1, 0.15) is 0 Å². The van der Waals surface area contributed by atoms with Crippen molar-refractivity contribution in [2.24, 2.45) is 0 Å². The maximum Gasteiger partial charge on any atom is 0.0544 e. The van der Waals surface area contributed by atoms with Gasteiger partial charge in [0.25, 0.3) is 0 Å². The van der Waals surface area contributed by atoms with Gasteiger partial charge >= 0.3 is 0 Å². The molecule has 0 saturated carbocycles. The highest BCUT2D eigenvalue weighted by Crippen LogP contribution is 2.60. The molecule has 68 heavy (non-hydrogen) atoms. The SMILES string of the molecule is CC1(C)c2ccccc2N2c3ccccc3C(C)(C)c3cc(-c4cccc(-c5cccc(-c6ccc(N(c7ccc(-c8ccccc8)cc7)c7ccc(-c8ccccc8)cc7)cc6)c5)c4)cc1c32. The number of hydrogen-bond acceptors (Lipinski definition) is 2. The maximum atomic E-state index is 2.54. The van der Waals surface area contributed by atoms with Gasteiger partial charge in [-0.2, -0.15) is 0 Å². The second-order valence-corrected chi connectivity index (χ2v) is 19.4.